The zero-order valence-electron chi connectivity index (χ0n) is 19.9. The van der Waals surface area contributed by atoms with E-state index in [4.69, 9.17) is 4.74 Å². The van der Waals surface area contributed by atoms with E-state index >= 15 is 0 Å². The molecule has 35 heavy (non-hydrogen) atoms. The van der Waals surface area contributed by atoms with Crippen molar-refractivity contribution in [2.45, 2.75) is 27.2 Å². The largest absolute Gasteiger partial charge is 0.484 e. The van der Waals surface area contributed by atoms with Crippen molar-refractivity contribution in [2.75, 3.05) is 17.2 Å². The Hall–Kier alpha value is -4.46. The van der Waals surface area contributed by atoms with E-state index < -0.39 is 11.8 Å². The second-order valence-electron chi connectivity index (χ2n) is 7.99. The highest BCUT2D eigenvalue weighted by molar-refractivity contribution is 6.39. The summed E-state index contributed by atoms with van der Waals surface area (Å²) in [6, 6.07) is 19.9. The van der Waals surface area contributed by atoms with E-state index in [2.05, 4.69) is 21.2 Å². The molecule has 0 spiro atoms. The van der Waals surface area contributed by atoms with E-state index in [1.807, 2.05) is 51.1 Å². The minimum Gasteiger partial charge on any atom is -0.484 e. The molecule has 3 aromatic carbocycles. The molecular formula is C27H28N4O4. The van der Waals surface area contributed by atoms with E-state index in [0.29, 0.717) is 17.0 Å². The normalized spacial score (nSPS) is 10.6. The summed E-state index contributed by atoms with van der Waals surface area (Å²) in [5.41, 5.74) is 7.30. The Balaban J connectivity index is 1.48. The molecule has 3 N–H and O–H groups in total. The van der Waals surface area contributed by atoms with Gasteiger partial charge in [-0.1, -0.05) is 37.3 Å². The summed E-state index contributed by atoms with van der Waals surface area (Å²) in [5, 5.41) is 9.15. The van der Waals surface area contributed by atoms with Gasteiger partial charge in [-0.25, -0.2) is 5.43 Å². The molecule has 3 aromatic rings. The molecule has 3 rings (SSSR count). The number of benzene rings is 3. The monoisotopic (exact) mass is 472 g/mol. The Morgan fingerprint density at radius 3 is 2.26 bits per heavy atom. The maximum absolute atomic E-state index is 12.2. The Labute approximate surface area is 204 Å². The van der Waals surface area contributed by atoms with Crippen LogP contribution < -0.4 is 20.8 Å². The number of rotatable bonds is 8. The van der Waals surface area contributed by atoms with Gasteiger partial charge in [-0.15, -0.1) is 0 Å². The van der Waals surface area contributed by atoms with Crippen LogP contribution in [0, 0.1) is 13.8 Å². The molecule has 0 saturated carbocycles. The second-order valence-corrected chi connectivity index (χ2v) is 7.99. The van der Waals surface area contributed by atoms with Crippen molar-refractivity contribution in [3.8, 4) is 5.75 Å². The van der Waals surface area contributed by atoms with Gasteiger partial charge in [-0.2, -0.15) is 5.10 Å². The van der Waals surface area contributed by atoms with Crippen molar-refractivity contribution in [1.29, 1.82) is 0 Å². The van der Waals surface area contributed by atoms with Gasteiger partial charge in [0.1, 0.15) is 5.75 Å². The van der Waals surface area contributed by atoms with Gasteiger partial charge in [0.15, 0.2) is 6.61 Å². The summed E-state index contributed by atoms with van der Waals surface area (Å²) in [6.07, 6.45) is 2.26. The van der Waals surface area contributed by atoms with Crippen LogP contribution in [0.4, 0.5) is 11.4 Å². The predicted molar refractivity (Wildman–Crippen MR) is 137 cm³/mol. The molecule has 0 radical (unpaired) electrons. The van der Waals surface area contributed by atoms with E-state index in [1.54, 1.807) is 36.4 Å². The molecule has 8 heteroatoms. The van der Waals surface area contributed by atoms with Gasteiger partial charge in [-0.3, -0.25) is 14.4 Å². The fourth-order valence-electron chi connectivity index (χ4n) is 3.31. The van der Waals surface area contributed by atoms with Crippen LogP contribution in [0.3, 0.4) is 0 Å². The van der Waals surface area contributed by atoms with Gasteiger partial charge in [0, 0.05) is 11.4 Å². The summed E-state index contributed by atoms with van der Waals surface area (Å²) in [7, 11) is 0. The Bertz CT molecular complexity index is 1220. The number of anilines is 2. The molecule has 8 nitrogen and oxygen atoms in total. The van der Waals surface area contributed by atoms with Crippen molar-refractivity contribution in [1.82, 2.24) is 5.43 Å². The summed E-state index contributed by atoms with van der Waals surface area (Å²) in [5.74, 6) is -1.53. The number of hydrazone groups is 1. The van der Waals surface area contributed by atoms with Gasteiger partial charge in [0.25, 0.3) is 5.91 Å². The first-order valence-corrected chi connectivity index (χ1v) is 11.2. The second kappa shape index (κ2) is 12.1. The van der Waals surface area contributed by atoms with Gasteiger partial charge in [0.05, 0.1) is 6.21 Å². The molecule has 0 bridgehead atoms. The SMILES string of the molecule is CCc1ccc(NC(=O)C(=O)NN=Cc2cccc(OCC(=O)Nc3cc(C)cc(C)c3)c2)cc1. The van der Waals surface area contributed by atoms with E-state index in [0.717, 1.165) is 28.8 Å². The van der Waals surface area contributed by atoms with Crippen molar-refractivity contribution in [3.63, 3.8) is 0 Å². The quantitative estimate of drug-likeness (QED) is 0.262. The zero-order chi connectivity index (χ0) is 25.2. The third-order valence-electron chi connectivity index (χ3n) is 4.94. The minimum atomic E-state index is -0.892. The van der Waals surface area contributed by atoms with E-state index in [-0.39, 0.29) is 12.5 Å². The number of nitrogens with one attached hydrogen (secondary N) is 3. The molecule has 0 unspecified atom stereocenters. The Morgan fingerprint density at radius 1 is 0.857 bits per heavy atom. The maximum Gasteiger partial charge on any atom is 0.329 e. The van der Waals surface area contributed by atoms with Crippen molar-refractivity contribution in [3.05, 3.63) is 89.0 Å². The van der Waals surface area contributed by atoms with Crippen LogP contribution in [0.15, 0.2) is 71.8 Å². The smallest absolute Gasteiger partial charge is 0.329 e. The van der Waals surface area contributed by atoms with Crippen LogP contribution in [-0.4, -0.2) is 30.5 Å². The van der Waals surface area contributed by atoms with Crippen molar-refractivity contribution >= 4 is 35.3 Å². The van der Waals surface area contributed by atoms with Gasteiger partial charge < -0.3 is 15.4 Å². The highest BCUT2D eigenvalue weighted by Crippen LogP contribution is 2.15. The Kier molecular flexibility index (Phi) is 8.72. The standard InChI is InChI=1S/C27H28N4O4/c1-4-20-8-10-22(11-9-20)30-26(33)27(34)31-28-16-21-6-5-7-24(15-21)35-17-25(32)29-23-13-18(2)12-19(3)14-23/h5-16H,4,17H2,1-3H3,(H,29,32)(H,30,33)(H,31,34). The molecular weight excluding hydrogens is 444 g/mol. The van der Waals surface area contributed by atoms with Gasteiger partial charge >= 0.3 is 11.8 Å². The third-order valence-corrected chi connectivity index (χ3v) is 4.94. The third kappa shape index (κ3) is 8.12. The number of amides is 3. The number of aryl methyl sites for hydroxylation is 3. The van der Waals surface area contributed by atoms with Crippen molar-refractivity contribution < 1.29 is 19.1 Å². The highest BCUT2D eigenvalue weighted by atomic mass is 16.5. The molecule has 0 fully saturated rings. The molecule has 0 aliphatic heterocycles. The van der Waals surface area contributed by atoms with Crippen LogP contribution >= 0.6 is 0 Å². The highest BCUT2D eigenvalue weighted by Gasteiger charge is 2.12. The zero-order valence-corrected chi connectivity index (χ0v) is 19.9. The number of carbonyl (C=O) groups excluding carboxylic acids is 3. The first-order valence-electron chi connectivity index (χ1n) is 11.2. The minimum absolute atomic E-state index is 0.163. The summed E-state index contributed by atoms with van der Waals surface area (Å²) >= 11 is 0. The van der Waals surface area contributed by atoms with Crippen LogP contribution in [0.25, 0.3) is 0 Å². The molecule has 0 aliphatic rings. The Morgan fingerprint density at radius 2 is 1.57 bits per heavy atom. The fourth-order valence-corrected chi connectivity index (χ4v) is 3.31. The lowest BCUT2D eigenvalue weighted by Gasteiger charge is -2.09. The maximum atomic E-state index is 12.2. The molecule has 180 valence electrons. The first kappa shape index (κ1) is 25.2. The van der Waals surface area contributed by atoms with Crippen molar-refractivity contribution in [2.24, 2.45) is 5.10 Å². The topological polar surface area (TPSA) is 109 Å². The number of nitrogens with zero attached hydrogens (tertiary/aromatic N) is 1. The molecule has 0 aliphatic carbocycles. The lowest BCUT2D eigenvalue weighted by atomic mass is 10.1. The summed E-state index contributed by atoms with van der Waals surface area (Å²) in [4.78, 5) is 36.2. The lowest BCUT2D eigenvalue weighted by Crippen LogP contribution is -2.32. The number of hydrogen-bond acceptors (Lipinski definition) is 5. The first-order chi connectivity index (χ1) is 16.8. The summed E-state index contributed by atoms with van der Waals surface area (Å²) < 4.78 is 5.56. The fraction of sp³-hybridized carbons (Fsp3) is 0.185. The lowest BCUT2D eigenvalue weighted by molar-refractivity contribution is -0.136. The van der Waals surface area contributed by atoms with Crippen LogP contribution in [-0.2, 0) is 20.8 Å². The molecule has 3 amide bonds. The van der Waals surface area contributed by atoms with Gasteiger partial charge in [0.2, 0.25) is 0 Å². The van der Waals surface area contributed by atoms with Gasteiger partial charge in [-0.05, 0) is 78.9 Å². The molecule has 0 atom stereocenters. The number of ether oxygens (including phenoxy) is 1. The number of hydrogen-bond donors (Lipinski definition) is 3. The predicted octanol–water partition coefficient (Wildman–Crippen LogP) is 3.97. The average Bonchev–Trinajstić information content (AvgIpc) is 2.83. The summed E-state index contributed by atoms with van der Waals surface area (Å²) in [6.45, 7) is 5.80. The van der Waals surface area contributed by atoms with E-state index in [1.165, 1.54) is 6.21 Å². The molecule has 0 heterocycles. The molecule has 0 aromatic heterocycles. The molecule has 0 saturated heterocycles. The van der Waals surface area contributed by atoms with Crippen LogP contribution in [0.5, 0.6) is 5.75 Å². The van der Waals surface area contributed by atoms with Crippen LogP contribution in [0.1, 0.15) is 29.2 Å². The average molecular weight is 473 g/mol. The van der Waals surface area contributed by atoms with Crippen LogP contribution in [0.2, 0.25) is 0 Å². The van der Waals surface area contributed by atoms with E-state index in [9.17, 15) is 14.4 Å². The number of carbonyl (C=O) groups is 3.